The highest BCUT2D eigenvalue weighted by Gasteiger charge is 2.14. The molecule has 1 saturated heterocycles. The number of hydrogen-bond donors (Lipinski definition) is 1. The van der Waals surface area contributed by atoms with E-state index < -0.39 is 0 Å². The molecule has 2 rings (SSSR count). The molecule has 1 fully saturated rings. The molecule has 0 radical (unpaired) electrons. The molecule has 1 aliphatic heterocycles. The van der Waals surface area contributed by atoms with Gasteiger partial charge in [-0.2, -0.15) is 5.26 Å². The fourth-order valence-electron chi connectivity index (χ4n) is 1.66. The van der Waals surface area contributed by atoms with Gasteiger partial charge in [-0.15, -0.1) is 0 Å². The quantitative estimate of drug-likeness (QED) is 0.732. The van der Waals surface area contributed by atoms with Crippen molar-refractivity contribution < 1.29 is 4.79 Å². The number of nitrogens with one attached hydrogen (secondary N) is 1. The summed E-state index contributed by atoms with van der Waals surface area (Å²) >= 11 is 0. The highest BCUT2D eigenvalue weighted by Crippen LogP contribution is 2.12. The topological polar surface area (TPSA) is 69.0 Å². The van der Waals surface area contributed by atoms with Gasteiger partial charge in [0.25, 0.3) is 0 Å². The summed E-state index contributed by atoms with van der Waals surface area (Å²) in [4.78, 5) is 17.4. The lowest BCUT2D eigenvalue weighted by Gasteiger charge is -2.20. The molecule has 0 aromatic carbocycles. The monoisotopic (exact) mass is 216 g/mol. The van der Waals surface area contributed by atoms with Gasteiger partial charge in [-0.25, -0.2) is 4.98 Å². The van der Waals surface area contributed by atoms with E-state index in [-0.39, 0.29) is 5.91 Å². The number of rotatable bonds is 1. The second kappa shape index (κ2) is 4.62. The third-order valence-corrected chi connectivity index (χ3v) is 2.49. The number of hydrogen-bond acceptors (Lipinski definition) is 4. The Morgan fingerprint density at radius 1 is 1.44 bits per heavy atom. The Balaban J connectivity index is 2.16. The largest absolute Gasteiger partial charge is 0.354 e. The molecule has 16 heavy (non-hydrogen) atoms. The molecule has 0 spiro atoms. The van der Waals surface area contributed by atoms with Crippen molar-refractivity contribution in [2.45, 2.75) is 6.42 Å². The second-order valence-electron chi connectivity index (χ2n) is 3.58. The lowest BCUT2D eigenvalue weighted by Crippen LogP contribution is -2.29. The summed E-state index contributed by atoms with van der Waals surface area (Å²) in [5.74, 6) is 0.828. The maximum absolute atomic E-state index is 11.2. The van der Waals surface area contributed by atoms with Crippen molar-refractivity contribution in [1.82, 2.24) is 10.3 Å². The number of anilines is 1. The number of nitriles is 1. The number of pyridine rings is 1. The molecular formula is C11H12N4O. The van der Waals surface area contributed by atoms with E-state index in [9.17, 15) is 4.79 Å². The van der Waals surface area contributed by atoms with E-state index in [4.69, 9.17) is 5.26 Å². The Labute approximate surface area is 93.7 Å². The molecule has 0 bridgehead atoms. The van der Waals surface area contributed by atoms with Gasteiger partial charge in [-0.3, -0.25) is 4.79 Å². The maximum atomic E-state index is 11.2. The highest BCUT2D eigenvalue weighted by atomic mass is 16.1. The summed E-state index contributed by atoms with van der Waals surface area (Å²) in [6.07, 6.45) is 0.471. The van der Waals surface area contributed by atoms with E-state index in [0.717, 1.165) is 12.4 Å². The van der Waals surface area contributed by atoms with Crippen LogP contribution in [0.5, 0.6) is 0 Å². The summed E-state index contributed by atoms with van der Waals surface area (Å²) in [6, 6.07) is 7.35. The van der Waals surface area contributed by atoms with Gasteiger partial charge in [0.15, 0.2) is 0 Å². The minimum Gasteiger partial charge on any atom is -0.354 e. The molecule has 1 aliphatic rings. The van der Waals surface area contributed by atoms with Crippen LogP contribution in [0.1, 0.15) is 12.1 Å². The van der Waals surface area contributed by atoms with Crippen LogP contribution in [0.15, 0.2) is 18.2 Å². The van der Waals surface area contributed by atoms with Crippen molar-refractivity contribution in [3.05, 3.63) is 23.9 Å². The van der Waals surface area contributed by atoms with E-state index >= 15 is 0 Å². The van der Waals surface area contributed by atoms with Gasteiger partial charge in [0.05, 0.1) is 0 Å². The van der Waals surface area contributed by atoms with Gasteiger partial charge < -0.3 is 10.2 Å². The molecule has 0 unspecified atom stereocenters. The van der Waals surface area contributed by atoms with Crippen molar-refractivity contribution in [3.63, 3.8) is 0 Å². The van der Waals surface area contributed by atoms with Crippen molar-refractivity contribution in [3.8, 4) is 6.07 Å². The second-order valence-corrected chi connectivity index (χ2v) is 3.58. The van der Waals surface area contributed by atoms with E-state index in [1.54, 1.807) is 12.1 Å². The smallest absolute Gasteiger partial charge is 0.221 e. The van der Waals surface area contributed by atoms with Crippen LogP contribution in [0.3, 0.4) is 0 Å². The van der Waals surface area contributed by atoms with Gasteiger partial charge in [0.2, 0.25) is 5.91 Å². The van der Waals surface area contributed by atoms with Crippen molar-refractivity contribution in [2.24, 2.45) is 0 Å². The zero-order chi connectivity index (χ0) is 11.4. The average Bonchev–Trinajstić information content (AvgIpc) is 2.54. The predicted octanol–water partition coefficient (Wildman–Crippen LogP) is 0.280. The van der Waals surface area contributed by atoms with Crippen LogP contribution in [0.4, 0.5) is 5.82 Å². The molecule has 1 amide bonds. The first kappa shape index (κ1) is 10.4. The summed E-state index contributed by atoms with van der Waals surface area (Å²) in [7, 11) is 0. The van der Waals surface area contributed by atoms with Crippen LogP contribution in [-0.2, 0) is 4.79 Å². The van der Waals surface area contributed by atoms with Crippen molar-refractivity contribution in [2.75, 3.05) is 24.5 Å². The van der Waals surface area contributed by atoms with Crippen LogP contribution >= 0.6 is 0 Å². The van der Waals surface area contributed by atoms with E-state index in [1.807, 2.05) is 17.0 Å². The minimum absolute atomic E-state index is 0.0685. The van der Waals surface area contributed by atoms with E-state index in [1.165, 1.54) is 0 Å². The fourth-order valence-corrected chi connectivity index (χ4v) is 1.66. The first-order chi connectivity index (χ1) is 7.79. The molecule has 5 nitrogen and oxygen atoms in total. The van der Waals surface area contributed by atoms with Gasteiger partial charge in [-0.05, 0) is 12.1 Å². The third-order valence-electron chi connectivity index (χ3n) is 2.49. The van der Waals surface area contributed by atoms with Crippen LogP contribution in [0.2, 0.25) is 0 Å². The number of aromatic nitrogens is 1. The van der Waals surface area contributed by atoms with Crippen molar-refractivity contribution in [1.29, 1.82) is 5.26 Å². The van der Waals surface area contributed by atoms with Crippen LogP contribution in [-0.4, -0.2) is 30.5 Å². The molecule has 5 heteroatoms. The minimum atomic E-state index is 0.0685. The molecule has 0 aliphatic carbocycles. The molecule has 82 valence electrons. The summed E-state index contributed by atoms with van der Waals surface area (Å²) in [6.45, 7) is 2.00. The lowest BCUT2D eigenvalue weighted by molar-refractivity contribution is -0.120. The molecule has 0 atom stereocenters. The normalized spacial score (nSPS) is 16.2. The average molecular weight is 216 g/mol. The zero-order valence-electron chi connectivity index (χ0n) is 8.81. The molecule has 0 saturated carbocycles. The maximum Gasteiger partial charge on any atom is 0.221 e. The van der Waals surface area contributed by atoms with Gasteiger partial charge in [0.1, 0.15) is 17.6 Å². The molecular weight excluding hydrogens is 204 g/mol. The summed E-state index contributed by atoms with van der Waals surface area (Å²) in [5.41, 5.74) is 0.404. The molecule has 1 aromatic heterocycles. The van der Waals surface area contributed by atoms with Crippen LogP contribution in [0, 0.1) is 11.3 Å². The Hall–Kier alpha value is -2.09. The first-order valence-electron chi connectivity index (χ1n) is 5.18. The lowest BCUT2D eigenvalue weighted by atomic mass is 10.3. The molecule has 2 heterocycles. The zero-order valence-corrected chi connectivity index (χ0v) is 8.81. The Kier molecular flexibility index (Phi) is 3.01. The molecule has 1 aromatic rings. The van der Waals surface area contributed by atoms with E-state index in [2.05, 4.69) is 10.3 Å². The fraction of sp³-hybridized carbons (Fsp3) is 0.364. The predicted molar refractivity (Wildman–Crippen MR) is 58.8 cm³/mol. The van der Waals surface area contributed by atoms with Gasteiger partial charge >= 0.3 is 0 Å². The number of amides is 1. The Morgan fingerprint density at radius 3 is 3.12 bits per heavy atom. The van der Waals surface area contributed by atoms with Crippen LogP contribution < -0.4 is 10.2 Å². The number of carbonyl (C=O) groups excluding carboxylic acids is 1. The standard InChI is InChI=1S/C11H12N4O/c12-8-9-2-1-3-10(14-9)15-6-4-11(16)13-5-7-15/h1-3H,4-7H2,(H,13,16). The van der Waals surface area contributed by atoms with Gasteiger partial charge in [-0.1, -0.05) is 6.07 Å². The SMILES string of the molecule is N#Cc1cccc(N2CCNC(=O)CC2)n1. The van der Waals surface area contributed by atoms with Gasteiger partial charge in [0, 0.05) is 26.1 Å². The van der Waals surface area contributed by atoms with Crippen molar-refractivity contribution >= 4 is 11.7 Å². The molecule has 1 N–H and O–H groups in total. The highest BCUT2D eigenvalue weighted by molar-refractivity contribution is 5.77. The summed E-state index contributed by atoms with van der Waals surface area (Å²) in [5, 5.41) is 11.6. The Morgan fingerprint density at radius 2 is 2.31 bits per heavy atom. The first-order valence-corrected chi connectivity index (χ1v) is 5.18. The number of nitrogens with zero attached hydrogens (tertiary/aromatic N) is 3. The van der Waals surface area contributed by atoms with E-state index in [0.29, 0.717) is 25.2 Å². The third kappa shape index (κ3) is 2.28. The summed E-state index contributed by atoms with van der Waals surface area (Å²) < 4.78 is 0. The Bertz CT molecular complexity index is 438. The number of carbonyl (C=O) groups is 1. The van der Waals surface area contributed by atoms with Crippen LogP contribution in [0.25, 0.3) is 0 Å².